The molecule has 25 heavy (non-hydrogen) atoms. The minimum absolute atomic E-state index is 0.169. The van der Waals surface area contributed by atoms with Crippen LogP contribution in [0.2, 0.25) is 0 Å². The van der Waals surface area contributed by atoms with Crippen molar-refractivity contribution in [1.29, 1.82) is 0 Å². The monoisotopic (exact) mass is 356 g/mol. The Morgan fingerprint density at radius 2 is 1.68 bits per heavy atom. The van der Waals surface area contributed by atoms with Gasteiger partial charge in [-0.15, -0.1) is 6.58 Å². The number of rotatable bonds is 7. The fourth-order valence-electron chi connectivity index (χ4n) is 2.62. The first-order chi connectivity index (χ1) is 12.0. The lowest BCUT2D eigenvalue weighted by Crippen LogP contribution is -2.60. The Balaban J connectivity index is 2.33. The molecule has 8 nitrogen and oxygen atoms in total. The van der Waals surface area contributed by atoms with E-state index in [1.165, 1.54) is 14.2 Å². The van der Waals surface area contributed by atoms with Gasteiger partial charge in [0.2, 0.25) is 12.0 Å². The van der Waals surface area contributed by atoms with E-state index < -0.39 is 37.3 Å². The highest BCUT2D eigenvalue weighted by molar-refractivity contribution is 5.54. The van der Waals surface area contributed by atoms with Crippen LogP contribution in [0.1, 0.15) is 5.56 Å². The van der Waals surface area contributed by atoms with E-state index in [0.717, 1.165) is 5.56 Å². The number of allylic oxidation sites excluding steroid dienone is 1. The summed E-state index contributed by atoms with van der Waals surface area (Å²) in [7, 11) is 2.90. The SMILES string of the molecule is C=CCc1cc(OC)c(O[C@@H]2O[C@H](CO)[C@@H](O)[C@H](O)[C@H]2O)c(OC)c1. The lowest BCUT2D eigenvalue weighted by atomic mass is 9.99. The van der Waals surface area contributed by atoms with Crippen molar-refractivity contribution in [3.05, 3.63) is 30.4 Å². The van der Waals surface area contributed by atoms with Gasteiger partial charge in [-0.1, -0.05) is 6.08 Å². The molecule has 0 amide bonds. The zero-order valence-electron chi connectivity index (χ0n) is 14.2. The lowest BCUT2D eigenvalue weighted by Gasteiger charge is -2.39. The average molecular weight is 356 g/mol. The number of hydrogen-bond donors (Lipinski definition) is 4. The summed E-state index contributed by atoms with van der Waals surface area (Å²) < 4.78 is 21.6. The number of hydrogen-bond acceptors (Lipinski definition) is 8. The Labute approximate surface area is 145 Å². The first-order valence-corrected chi connectivity index (χ1v) is 7.79. The molecule has 0 spiro atoms. The average Bonchev–Trinajstić information content (AvgIpc) is 2.62. The van der Waals surface area contributed by atoms with Gasteiger partial charge in [0.25, 0.3) is 0 Å². The third-order valence-electron chi connectivity index (χ3n) is 3.98. The van der Waals surface area contributed by atoms with Gasteiger partial charge in [0.05, 0.1) is 20.8 Å². The zero-order chi connectivity index (χ0) is 18.6. The third-order valence-corrected chi connectivity index (χ3v) is 3.98. The predicted molar refractivity (Wildman–Crippen MR) is 87.8 cm³/mol. The van der Waals surface area contributed by atoms with E-state index in [2.05, 4.69) is 6.58 Å². The molecule has 1 aliphatic heterocycles. The number of methoxy groups -OCH3 is 2. The molecular formula is C17H24O8. The highest BCUT2D eigenvalue weighted by atomic mass is 16.7. The van der Waals surface area contributed by atoms with Crippen molar-refractivity contribution in [2.24, 2.45) is 0 Å². The topological polar surface area (TPSA) is 118 Å². The number of ether oxygens (including phenoxy) is 4. The molecule has 0 aliphatic carbocycles. The molecule has 1 aromatic carbocycles. The van der Waals surface area contributed by atoms with Gasteiger partial charge in [-0.25, -0.2) is 0 Å². The zero-order valence-corrected chi connectivity index (χ0v) is 14.2. The molecule has 2 rings (SSSR count). The first-order valence-electron chi connectivity index (χ1n) is 7.79. The van der Waals surface area contributed by atoms with Crippen LogP contribution in [0.15, 0.2) is 24.8 Å². The molecule has 4 N–H and O–H groups in total. The van der Waals surface area contributed by atoms with Gasteiger partial charge in [-0.3, -0.25) is 0 Å². The van der Waals surface area contributed by atoms with E-state index in [-0.39, 0.29) is 5.75 Å². The maximum Gasteiger partial charge on any atom is 0.229 e. The minimum atomic E-state index is -1.53. The number of aliphatic hydroxyl groups excluding tert-OH is 4. The Morgan fingerprint density at radius 1 is 1.08 bits per heavy atom. The van der Waals surface area contributed by atoms with E-state index in [1.54, 1.807) is 18.2 Å². The molecule has 0 aromatic heterocycles. The highest BCUT2D eigenvalue weighted by Gasteiger charge is 2.45. The predicted octanol–water partition coefficient (Wildman–Crippen LogP) is -0.389. The van der Waals surface area contributed by atoms with Crippen LogP contribution in [-0.4, -0.2) is 72.0 Å². The lowest BCUT2D eigenvalue weighted by molar-refractivity contribution is -0.277. The highest BCUT2D eigenvalue weighted by Crippen LogP contribution is 2.40. The largest absolute Gasteiger partial charge is 0.493 e. The Morgan fingerprint density at radius 3 is 2.16 bits per heavy atom. The van der Waals surface area contributed by atoms with Crippen molar-refractivity contribution in [3.63, 3.8) is 0 Å². The Hall–Kier alpha value is -1.84. The normalized spacial score (nSPS) is 29.1. The molecule has 1 saturated heterocycles. The van der Waals surface area contributed by atoms with Gasteiger partial charge in [0, 0.05) is 0 Å². The summed E-state index contributed by atoms with van der Waals surface area (Å²) in [6, 6.07) is 3.45. The quantitative estimate of drug-likeness (QED) is 0.488. The summed E-state index contributed by atoms with van der Waals surface area (Å²) in [5, 5.41) is 39.1. The van der Waals surface area contributed by atoms with Crippen LogP contribution in [0.25, 0.3) is 0 Å². The van der Waals surface area contributed by atoms with Crippen LogP contribution >= 0.6 is 0 Å². The smallest absolute Gasteiger partial charge is 0.229 e. The summed E-state index contributed by atoms with van der Waals surface area (Å²) in [6.07, 6.45) is -4.60. The minimum Gasteiger partial charge on any atom is -0.493 e. The van der Waals surface area contributed by atoms with Gasteiger partial charge in [0.15, 0.2) is 11.5 Å². The summed E-state index contributed by atoms with van der Waals surface area (Å²) in [6.45, 7) is 3.14. The Kier molecular flexibility index (Phi) is 6.63. The standard InChI is InChI=1S/C17H24O8/c1-4-5-9-6-10(22-2)16(11(7-9)23-3)25-17-15(21)14(20)13(19)12(8-18)24-17/h4,6-7,12-15,17-21H,1,5,8H2,2-3H3/t12-,13-,14+,15-,17+/m1/s1. The Bertz CT molecular complexity index is 563. The van der Waals surface area contributed by atoms with Crippen LogP contribution in [-0.2, 0) is 11.2 Å². The third kappa shape index (κ3) is 4.05. The molecule has 0 unspecified atom stereocenters. The van der Waals surface area contributed by atoms with Crippen molar-refractivity contribution < 1.29 is 39.4 Å². The second-order valence-corrected chi connectivity index (χ2v) is 5.64. The van der Waals surface area contributed by atoms with Gasteiger partial charge >= 0.3 is 0 Å². The number of benzene rings is 1. The first kappa shape index (κ1) is 19.5. The van der Waals surface area contributed by atoms with Crippen molar-refractivity contribution in [3.8, 4) is 17.2 Å². The van der Waals surface area contributed by atoms with E-state index in [9.17, 15) is 20.4 Å². The maximum absolute atomic E-state index is 10.1. The molecule has 1 fully saturated rings. The fourth-order valence-corrected chi connectivity index (χ4v) is 2.62. The number of aliphatic hydroxyl groups is 4. The fraction of sp³-hybridized carbons (Fsp3) is 0.529. The summed E-state index contributed by atoms with van der Waals surface area (Å²) >= 11 is 0. The van der Waals surface area contributed by atoms with Crippen LogP contribution in [0.4, 0.5) is 0 Å². The summed E-state index contributed by atoms with van der Waals surface area (Å²) in [4.78, 5) is 0. The molecule has 1 heterocycles. The van der Waals surface area contributed by atoms with E-state index in [1.807, 2.05) is 0 Å². The van der Waals surface area contributed by atoms with E-state index in [0.29, 0.717) is 17.9 Å². The molecule has 0 saturated carbocycles. The molecular weight excluding hydrogens is 332 g/mol. The van der Waals surface area contributed by atoms with Crippen molar-refractivity contribution in [2.75, 3.05) is 20.8 Å². The molecule has 0 radical (unpaired) electrons. The molecule has 5 atom stereocenters. The molecule has 1 aromatic rings. The van der Waals surface area contributed by atoms with Gasteiger partial charge in [-0.05, 0) is 24.1 Å². The van der Waals surface area contributed by atoms with Crippen LogP contribution in [0.3, 0.4) is 0 Å². The van der Waals surface area contributed by atoms with Crippen molar-refractivity contribution in [1.82, 2.24) is 0 Å². The van der Waals surface area contributed by atoms with E-state index >= 15 is 0 Å². The van der Waals surface area contributed by atoms with Crippen molar-refractivity contribution >= 4 is 0 Å². The van der Waals surface area contributed by atoms with Crippen LogP contribution in [0, 0.1) is 0 Å². The second kappa shape index (κ2) is 8.50. The van der Waals surface area contributed by atoms with Gasteiger partial charge in [0.1, 0.15) is 24.4 Å². The van der Waals surface area contributed by atoms with Crippen molar-refractivity contribution in [2.45, 2.75) is 37.1 Å². The van der Waals surface area contributed by atoms with Crippen LogP contribution < -0.4 is 14.2 Å². The van der Waals surface area contributed by atoms with Crippen LogP contribution in [0.5, 0.6) is 17.2 Å². The molecule has 0 bridgehead atoms. The maximum atomic E-state index is 10.1. The molecule has 8 heteroatoms. The van der Waals surface area contributed by atoms with E-state index in [4.69, 9.17) is 18.9 Å². The summed E-state index contributed by atoms with van der Waals surface area (Å²) in [5.41, 5.74) is 0.879. The summed E-state index contributed by atoms with van der Waals surface area (Å²) in [5.74, 6) is 0.850. The second-order valence-electron chi connectivity index (χ2n) is 5.64. The van der Waals surface area contributed by atoms with Gasteiger partial charge in [-0.2, -0.15) is 0 Å². The molecule has 140 valence electrons. The van der Waals surface area contributed by atoms with Gasteiger partial charge < -0.3 is 39.4 Å². The molecule has 1 aliphatic rings.